The summed E-state index contributed by atoms with van der Waals surface area (Å²) in [6.45, 7) is 2.77. The minimum absolute atomic E-state index is 0.394. The van der Waals surface area contributed by atoms with E-state index in [0.717, 1.165) is 25.7 Å². The second-order valence-corrected chi connectivity index (χ2v) is 5.05. The molecular weight excluding hydrogens is 176 g/mol. The number of hydrogen-bond acceptors (Lipinski definition) is 3. The van der Waals surface area contributed by atoms with Crippen molar-refractivity contribution in [3.8, 4) is 6.07 Å². The first-order valence-corrected chi connectivity index (χ1v) is 5.37. The monoisotopic (exact) mass is 194 g/mol. The van der Waals surface area contributed by atoms with Crippen LogP contribution in [0.4, 0.5) is 0 Å². The Hall–Kier alpha value is -0.590. The van der Waals surface area contributed by atoms with Gasteiger partial charge in [-0.1, -0.05) is 6.42 Å². The molecule has 1 saturated carbocycles. The van der Waals surface area contributed by atoms with Crippen LogP contribution >= 0.6 is 0 Å². The van der Waals surface area contributed by atoms with Crippen molar-refractivity contribution >= 4 is 0 Å². The molecule has 2 unspecified atom stereocenters. The first-order valence-electron chi connectivity index (χ1n) is 5.37. The average molecular weight is 194 g/mol. The maximum absolute atomic E-state index is 10.5. The number of rotatable bonds is 1. The molecule has 14 heavy (non-hydrogen) atoms. The molecule has 0 bridgehead atoms. The van der Waals surface area contributed by atoms with Crippen LogP contribution in [-0.4, -0.2) is 35.2 Å². The fourth-order valence-corrected chi connectivity index (χ4v) is 2.84. The molecule has 2 fully saturated rings. The highest BCUT2D eigenvalue weighted by Gasteiger charge is 2.58. The van der Waals surface area contributed by atoms with Crippen LogP contribution in [0.2, 0.25) is 0 Å². The molecule has 3 heteroatoms. The lowest BCUT2D eigenvalue weighted by atomic mass is 9.59. The molecule has 1 aliphatic heterocycles. The van der Waals surface area contributed by atoms with Crippen LogP contribution < -0.4 is 0 Å². The highest BCUT2D eigenvalue weighted by Crippen LogP contribution is 2.53. The Morgan fingerprint density at radius 1 is 1.50 bits per heavy atom. The van der Waals surface area contributed by atoms with E-state index >= 15 is 0 Å². The molecule has 78 valence electrons. The first kappa shape index (κ1) is 9.95. The molecule has 1 heterocycles. The fraction of sp³-hybridized carbons (Fsp3) is 0.909. The van der Waals surface area contributed by atoms with E-state index < -0.39 is 11.0 Å². The van der Waals surface area contributed by atoms with Crippen LogP contribution in [0.25, 0.3) is 0 Å². The summed E-state index contributed by atoms with van der Waals surface area (Å²) < 4.78 is 0. The number of aliphatic hydroxyl groups is 1. The topological polar surface area (TPSA) is 47.3 Å². The Bertz CT molecular complexity index is 268. The lowest BCUT2D eigenvalue weighted by Gasteiger charge is -2.46. The minimum atomic E-state index is -0.756. The van der Waals surface area contributed by atoms with E-state index in [0.29, 0.717) is 12.6 Å². The van der Waals surface area contributed by atoms with Gasteiger partial charge in [-0.05, 0) is 33.2 Å². The summed E-state index contributed by atoms with van der Waals surface area (Å²) in [5.74, 6) is 0. The average Bonchev–Trinajstić information content (AvgIpc) is 2.25. The van der Waals surface area contributed by atoms with Gasteiger partial charge in [-0.3, -0.25) is 0 Å². The molecule has 0 amide bonds. The van der Waals surface area contributed by atoms with Gasteiger partial charge in [0.05, 0.1) is 17.1 Å². The zero-order valence-electron chi connectivity index (χ0n) is 8.95. The molecule has 2 rings (SSSR count). The second kappa shape index (κ2) is 2.95. The largest absolute Gasteiger partial charge is 0.387 e. The molecule has 0 aromatic rings. The SMILES string of the molecule is CC1CC(O)(C2(C#N)CCC2)CN1C. The maximum Gasteiger partial charge on any atom is 0.0974 e. The van der Waals surface area contributed by atoms with Crippen molar-refractivity contribution in [1.29, 1.82) is 5.26 Å². The van der Waals surface area contributed by atoms with Gasteiger partial charge in [0.2, 0.25) is 0 Å². The lowest BCUT2D eigenvalue weighted by Crippen LogP contribution is -2.53. The van der Waals surface area contributed by atoms with Gasteiger partial charge in [-0.15, -0.1) is 0 Å². The predicted octanol–water partition coefficient (Wildman–Crippen LogP) is 1.14. The Morgan fingerprint density at radius 3 is 2.43 bits per heavy atom. The molecule has 0 aromatic heterocycles. The Kier molecular flexibility index (Phi) is 2.09. The van der Waals surface area contributed by atoms with Gasteiger partial charge < -0.3 is 10.0 Å². The van der Waals surface area contributed by atoms with Crippen molar-refractivity contribution in [1.82, 2.24) is 4.90 Å². The van der Waals surface area contributed by atoms with Crippen molar-refractivity contribution in [2.45, 2.75) is 44.2 Å². The predicted molar refractivity (Wildman–Crippen MR) is 53.6 cm³/mol. The molecule has 2 aliphatic rings. The highest BCUT2D eigenvalue weighted by atomic mass is 16.3. The molecular formula is C11H18N2O. The van der Waals surface area contributed by atoms with E-state index in [-0.39, 0.29) is 0 Å². The fourth-order valence-electron chi connectivity index (χ4n) is 2.84. The van der Waals surface area contributed by atoms with Crippen LogP contribution in [0.3, 0.4) is 0 Å². The van der Waals surface area contributed by atoms with Crippen molar-refractivity contribution in [2.24, 2.45) is 5.41 Å². The molecule has 1 N–H and O–H groups in total. The summed E-state index contributed by atoms with van der Waals surface area (Å²) >= 11 is 0. The number of nitrogens with zero attached hydrogens (tertiary/aromatic N) is 2. The standard InChI is InChI=1S/C11H18N2O/c1-9-6-11(14,8-13(9)2)10(7-12)4-3-5-10/h9,14H,3-6,8H2,1-2H3. The summed E-state index contributed by atoms with van der Waals surface area (Å²) in [6.07, 6.45) is 3.59. The number of likely N-dealkylation sites (N-methyl/N-ethyl adjacent to an activating group) is 1. The minimum Gasteiger partial charge on any atom is -0.387 e. The third kappa shape index (κ3) is 1.11. The van der Waals surface area contributed by atoms with E-state index in [9.17, 15) is 10.4 Å². The molecule has 0 radical (unpaired) electrons. The highest BCUT2D eigenvalue weighted by molar-refractivity contribution is 5.19. The van der Waals surface area contributed by atoms with Gasteiger partial charge in [0.25, 0.3) is 0 Å². The number of nitriles is 1. The third-order valence-electron chi connectivity index (χ3n) is 4.21. The summed E-state index contributed by atoms with van der Waals surface area (Å²) in [4.78, 5) is 2.15. The number of hydrogen-bond donors (Lipinski definition) is 1. The van der Waals surface area contributed by atoms with E-state index in [1.807, 2.05) is 7.05 Å². The van der Waals surface area contributed by atoms with Crippen LogP contribution in [0.1, 0.15) is 32.6 Å². The summed E-state index contributed by atoms with van der Waals surface area (Å²) in [6, 6.07) is 2.76. The molecule has 1 saturated heterocycles. The lowest BCUT2D eigenvalue weighted by molar-refractivity contribution is -0.0838. The second-order valence-electron chi connectivity index (χ2n) is 5.05. The van der Waals surface area contributed by atoms with Gasteiger partial charge >= 0.3 is 0 Å². The van der Waals surface area contributed by atoms with Crippen LogP contribution in [-0.2, 0) is 0 Å². The molecule has 1 aliphatic carbocycles. The number of β-amino-alcohol motifs (C(OH)–C–C–N with tert-alkyl or cyclic N) is 1. The Balaban J connectivity index is 2.21. The van der Waals surface area contributed by atoms with Crippen molar-refractivity contribution in [3.05, 3.63) is 0 Å². The summed E-state index contributed by atoms with van der Waals surface area (Å²) in [5.41, 5.74) is -1.19. The molecule has 3 nitrogen and oxygen atoms in total. The maximum atomic E-state index is 10.5. The van der Waals surface area contributed by atoms with Crippen LogP contribution in [0.5, 0.6) is 0 Å². The first-order chi connectivity index (χ1) is 6.53. The van der Waals surface area contributed by atoms with Crippen LogP contribution in [0.15, 0.2) is 0 Å². The van der Waals surface area contributed by atoms with Gasteiger partial charge in [0.1, 0.15) is 0 Å². The summed E-state index contributed by atoms with van der Waals surface area (Å²) in [7, 11) is 2.02. The zero-order valence-corrected chi connectivity index (χ0v) is 8.95. The summed E-state index contributed by atoms with van der Waals surface area (Å²) in [5, 5.41) is 19.7. The van der Waals surface area contributed by atoms with Gasteiger partial charge in [-0.25, -0.2) is 0 Å². The molecule has 0 spiro atoms. The smallest absolute Gasteiger partial charge is 0.0974 e. The van der Waals surface area contributed by atoms with E-state index in [4.69, 9.17) is 0 Å². The Morgan fingerprint density at radius 2 is 2.14 bits per heavy atom. The third-order valence-corrected chi connectivity index (χ3v) is 4.21. The zero-order chi connectivity index (χ0) is 10.4. The van der Waals surface area contributed by atoms with Crippen molar-refractivity contribution in [3.63, 3.8) is 0 Å². The van der Waals surface area contributed by atoms with E-state index in [2.05, 4.69) is 17.9 Å². The normalized spacial score (nSPS) is 41.7. The van der Waals surface area contributed by atoms with Crippen molar-refractivity contribution < 1.29 is 5.11 Å². The van der Waals surface area contributed by atoms with Crippen molar-refractivity contribution in [2.75, 3.05) is 13.6 Å². The van der Waals surface area contributed by atoms with Gasteiger partial charge in [0, 0.05) is 12.6 Å². The number of likely N-dealkylation sites (tertiary alicyclic amines) is 1. The molecule has 0 aromatic carbocycles. The quantitative estimate of drug-likeness (QED) is 0.681. The Labute approximate surface area is 85.3 Å². The van der Waals surface area contributed by atoms with Gasteiger partial charge in [0.15, 0.2) is 0 Å². The molecule has 2 atom stereocenters. The van der Waals surface area contributed by atoms with Gasteiger partial charge in [-0.2, -0.15) is 5.26 Å². The van der Waals surface area contributed by atoms with E-state index in [1.165, 1.54) is 0 Å². The van der Waals surface area contributed by atoms with E-state index in [1.54, 1.807) is 0 Å². The van der Waals surface area contributed by atoms with Crippen LogP contribution in [0, 0.1) is 16.7 Å².